The van der Waals surface area contributed by atoms with E-state index in [4.69, 9.17) is 4.74 Å². The summed E-state index contributed by atoms with van der Waals surface area (Å²) in [7, 11) is 1.86. The number of ether oxygens (including phenoxy) is 1. The predicted molar refractivity (Wildman–Crippen MR) is 103 cm³/mol. The molecule has 0 atom stereocenters. The van der Waals surface area contributed by atoms with Gasteiger partial charge in [-0.1, -0.05) is 37.6 Å². The molecule has 0 unspecified atom stereocenters. The Morgan fingerprint density at radius 2 is 1.92 bits per heavy atom. The first-order valence-electron chi connectivity index (χ1n) is 8.88. The molecule has 0 aliphatic carbocycles. The molecule has 0 radical (unpaired) electrons. The first-order chi connectivity index (χ1) is 12.6. The molecule has 0 aliphatic rings. The van der Waals surface area contributed by atoms with Crippen LogP contribution in [0.1, 0.15) is 30.1 Å². The molecular formula is C22H20FNO2. The van der Waals surface area contributed by atoms with Gasteiger partial charge in [0.15, 0.2) is 0 Å². The van der Waals surface area contributed by atoms with Crippen LogP contribution in [0.25, 0.3) is 32.6 Å². The minimum atomic E-state index is -0.333. The summed E-state index contributed by atoms with van der Waals surface area (Å²) in [6.45, 7) is 2.46. The summed E-state index contributed by atoms with van der Waals surface area (Å²) in [5.74, 6) is -0.625. The summed E-state index contributed by atoms with van der Waals surface area (Å²) < 4.78 is 21.2. The van der Waals surface area contributed by atoms with Crippen LogP contribution in [-0.2, 0) is 11.8 Å². The smallest absolute Gasteiger partial charge is 0.340 e. The molecule has 0 aliphatic heterocycles. The first-order valence-corrected chi connectivity index (χ1v) is 8.88. The lowest BCUT2D eigenvalue weighted by Gasteiger charge is -2.10. The Balaban J connectivity index is 2.07. The molecule has 132 valence electrons. The maximum absolute atomic E-state index is 13.8. The van der Waals surface area contributed by atoms with Gasteiger partial charge in [0, 0.05) is 17.8 Å². The minimum Gasteiger partial charge on any atom is -0.462 e. The predicted octanol–water partition coefficient (Wildman–Crippen LogP) is 5.58. The van der Waals surface area contributed by atoms with Crippen LogP contribution < -0.4 is 0 Å². The minimum absolute atomic E-state index is 0.292. The molecular weight excluding hydrogens is 329 g/mol. The number of carbonyl (C=O) groups is 1. The van der Waals surface area contributed by atoms with Gasteiger partial charge in [-0.3, -0.25) is 0 Å². The molecule has 0 amide bonds. The van der Waals surface area contributed by atoms with Gasteiger partial charge in [-0.25, -0.2) is 9.18 Å². The van der Waals surface area contributed by atoms with Crippen LogP contribution in [0.5, 0.6) is 0 Å². The first kappa shape index (κ1) is 16.6. The molecule has 3 nitrogen and oxygen atoms in total. The lowest BCUT2D eigenvalue weighted by molar-refractivity contribution is 0.0502. The largest absolute Gasteiger partial charge is 0.462 e. The summed E-state index contributed by atoms with van der Waals surface area (Å²) in [5.41, 5.74) is 2.07. The molecule has 0 saturated heterocycles. The standard InChI is InChI=1S/C22H20FNO2/c1-3-4-11-26-22(25)18-12-14-7-5-6-8-16(14)20-17-10-9-15(23)13-19(17)24(2)21(18)20/h5-10,12-13H,3-4,11H2,1-2H3. The van der Waals surface area contributed by atoms with E-state index in [-0.39, 0.29) is 11.8 Å². The Morgan fingerprint density at radius 1 is 1.12 bits per heavy atom. The fraction of sp³-hybridized carbons (Fsp3) is 0.227. The molecule has 0 N–H and O–H groups in total. The average Bonchev–Trinajstić information content (AvgIpc) is 2.94. The van der Waals surface area contributed by atoms with Crippen molar-refractivity contribution >= 4 is 38.5 Å². The van der Waals surface area contributed by atoms with E-state index in [0.717, 1.165) is 45.4 Å². The van der Waals surface area contributed by atoms with Crippen molar-refractivity contribution in [1.29, 1.82) is 0 Å². The number of carbonyl (C=O) groups excluding carboxylic acids is 1. The maximum Gasteiger partial charge on any atom is 0.340 e. The van der Waals surface area contributed by atoms with E-state index in [2.05, 4.69) is 6.92 Å². The number of benzene rings is 3. The van der Waals surface area contributed by atoms with Crippen LogP contribution in [-0.4, -0.2) is 17.1 Å². The van der Waals surface area contributed by atoms with Gasteiger partial charge in [-0.2, -0.15) is 0 Å². The summed E-state index contributed by atoms with van der Waals surface area (Å²) >= 11 is 0. The zero-order chi connectivity index (χ0) is 18.3. The van der Waals surface area contributed by atoms with Crippen molar-refractivity contribution in [2.75, 3.05) is 6.61 Å². The van der Waals surface area contributed by atoms with Crippen LogP contribution in [0.4, 0.5) is 4.39 Å². The highest BCUT2D eigenvalue weighted by Crippen LogP contribution is 2.37. The van der Waals surface area contributed by atoms with Crippen molar-refractivity contribution < 1.29 is 13.9 Å². The number of rotatable bonds is 4. The summed E-state index contributed by atoms with van der Waals surface area (Å²) in [4.78, 5) is 12.8. The maximum atomic E-state index is 13.8. The monoisotopic (exact) mass is 349 g/mol. The lowest BCUT2D eigenvalue weighted by Crippen LogP contribution is -2.08. The molecule has 0 fully saturated rings. The second-order valence-corrected chi connectivity index (χ2v) is 6.58. The van der Waals surface area contributed by atoms with Crippen molar-refractivity contribution in [2.45, 2.75) is 19.8 Å². The molecule has 4 aromatic rings. The van der Waals surface area contributed by atoms with Crippen molar-refractivity contribution in [3.63, 3.8) is 0 Å². The molecule has 3 aromatic carbocycles. The van der Waals surface area contributed by atoms with Crippen molar-refractivity contribution in [3.8, 4) is 0 Å². The molecule has 1 heterocycles. The Morgan fingerprint density at radius 3 is 2.73 bits per heavy atom. The Bertz CT molecular complexity index is 1140. The Hall–Kier alpha value is -2.88. The second kappa shape index (κ2) is 6.45. The molecule has 1 aromatic heterocycles. The van der Waals surface area contributed by atoms with E-state index in [1.807, 2.05) is 41.9 Å². The second-order valence-electron chi connectivity index (χ2n) is 6.58. The number of esters is 1. The molecule has 26 heavy (non-hydrogen) atoms. The summed E-state index contributed by atoms with van der Waals surface area (Å²) in [6, 6.07) is 14.6. The Labute approximate surface area is 151 Å². The molecule has 4 heteroatoms. The number of fused-ring (bicyclic) bond motifs is 5. The molecule has 0 saturated carbocycles. The van der Waals surface area contributed by atoms with Gasteiger partial charge in [0.05, 0.1) is 23.2 Å². The van der Waals surface area contributed by atoms with Crippen molar-refractivity contribution in [2.24, 2.45) is 7.05 Å². The van der Waals surface area contributed by atoms with Gasteiger partial charge in [-0.05, 0) is 41.5 Å². The third-order valence-electron chi connectivity index (χ3n) is 4.90. The number of halogens is 1. The van der Waals surface area contributed by atoms with E-state index in [9.17, 15) is 9.18 Å². The van der Waals surface area contributed by atoms with Crippen LogP contribution in [0, 0.1) is 5.82 Å². The lowest BCUT2D eigenvalue weighted by atomic mass is 10.00. The third-order valence-corrected chi connectivity index (χ3v) is 4.90. The number of hydrogen-bond donors (Lipinski definition) is 0. The van der Waals surface area contributed by atoms with Crippen LogP contribution in [0.15, 0.2) is 48.5 Å². The van der Waals surface area contributed by atoms with Gasteiger partial charge < -0.3 is 9.30 Å². The van der Waals surface area contributed by atoms with Crippen LogP contribution >= 0.6 is 0 Å². The Kier molecular flexibility index (Phi) is 4.11. The van der Waals surface area contributed by atoms with E-state index >= 15 is 0 Å². The molecule has 4 rings (SSSR count). The van der Waals surface area contributed by atoms with Gasteiger partial charge in [-0.15, -0.1) is 0 Å². The van der Waals surface area contributed by atoms with Gasteiger partial charge >= 0.3 is 5.97 Å². The summed E-state index contributed by atoms with van der Waals surface area (Å²) in [5, 5.41) is 3.91. The van der Waals surface area contributed by atoms with Gasteiger partial charge in [0.2, 0.25) is 0 Å². The topological polar surface area (TPSA) is 31.2 Å². The van der Waals surface area contributed by atoms with Gasteiger partial charge in [0.25, 0.3) is 0 Å². The number of aryl methyl sites for hydroxylation is 1. The van der Waals surface area contributed by atoms with Crippen LogP contribution in [0.3, 0.4) is 0 Å². The van der Waals surface area contributed by atoms with Crippen molar-refractivity contribution in [1.82, 2.24) is 4.57 Å². The van der Waals surface area contributed by atoms with Crippen LogP contribution in [0.2, 0.25) is 0 Å². The quantitative estimate of drug-likeness (QED) is 0.356. The van der Waals surface area contributed by atoms with E-state index in [0.29, 0.717) is 12.2 Å². The SMILES string of the molecule is CCCCOC(=O)c1cc2ccccc2c2c3ccc(F)cc3n(C)c12. The molecule has 0 spiro atoms. The highest BCUT2D eigenvalue weighted by Gasteiger charge is 2.20. The van der Waals surface area contributed by atoms with E-state index in [1.54, 1.807) is 6.07 Å². The highest BCUT2D eigenvalue weighted by molar-refractivity contribution is 6.25. The normalized spacial score (nSPS) is 11.5. The van der Waals surface area contributed by atoms with E-state index in [1.165, 1.54) is 12.1 Å². The average molecular weight is 349 g/mol. The molecule has 0 bridgehead atoms. The summed E-state index contributed by atoms with van der Waals surface area (Å²) in [6.07, 6.45) is 1.80. The number of unbranched alkanes of at least 4 members (excludes halogenated alkanes) is 1. The number of aromatic nitrogens is 1. The highest BCUT2D eigenvalue weighted by atomic mass is 19.1. The zero-order valence-corrected chi connectivity index (χ0v) is 14.9. The fourth-order valence-electron chi connectivity index (χ4n) is 3.61. The third kappa shape index (κ3) is 2.53. The number of hydrogen-bond acceptors (Lipinski definition) is 2. The van der Waals surface area contributed by atoms with E-state index < -0.39 is 0 Å². The number of nitrogens with zero attached hydrogens (tertiary/aromatic N) is 1. The zero-order valence-electron chi connectivity index (χ0n) is 14.9. The fourth-order valence-corrected chi connectivity index (χ4v) is 3.61. The van der Waals surface area contributed by atoms with Crippen molar-refractivity contribution in [3.05, 3.63) is 59.9 Å². The van der Waals surface area contributed by atoms with Gasteiger partial charge in [0.1, 0.15) is 5.82 Å².